The number of nitrogens with one attached hydrogen (secondary N) is 1. The molecule has 0 aliphatic carbocycles. The summed E-state index contributed by atoms with van der Waals surface area (Å²) in [5, 5.41) is 3.49. The van der Waals surface area contributed by atoms with E-state index in [2.05, 4.69) is 31.0 Å². The summed E-state index contributed by atoms with van der Waals surface area (Å²) < 4.78 is 0. The largest absolute Gasteiger partial charge is 0.313 e. The Kier molecular flexibility index (Phi) is 3.34. The molecule has 0 saturated carbocycles. The molecule has 0 amide bonds. The highest BCUT2D eigenvalue weighted by Gasteiger charge is 2.15. The third kappa shape index (κ3) is 2.80. The number of rotatable bonds is 1. The molecule has 2 nitrogen and oxygen atoms in total. The molecule has 0 aromatic heterocycles. The highest BCUT2D eigenvalue weighted by Crippen LogP contribution is 2.04. The van der Waals surface area contributed by atoms with Crippen LogP contribution < -0.4 is 5.32 Å². The highest BCUT2D eigenvalue weighted by atomic mass is 15.2. The Hall–Kier alpha value is -0.0800. The van der Waals surface area contributed by atoms with E-state index < -0.39 is 0 Å². The molecular weight excluding hydrogens is 136 g/mol. The first-order valence-electron chi connectivity index (χ1n) is 4.67. The summed E-state index contributed by atoms with van der Waals surface area (Å²) in [7, 11) is 0. The lowest BCUT2D eigenvalue weighted by molar-refractivity contribution is 0.221. The minimum Gasteiger partial charge on any atom is -0.313 e. The molecule has 1 saturated heterocycles. The molecule has 0 radical (unpaired) electrons. The van der Waals surface area contributed by atoms with Crippen LogP contribution in [0.1, 0.15) is 27.2 Å². The SMILES string of the molecule is CC(C)N1CCCN[C@@H](C)C1. The number of hydrogen-bond acceptors (Lipinski definition) is 2. The normalized spacial score (nSPS) is 28.9. The Labute approximate surface area is 70.0 Å². The fraction of sp³-hybridized carbons (Fsp3) is 1.00. The lowest BCUT2D eigenvalue weighted by Crippen LogP contribution is -2.38. The molecule has 0 unspecified atom stereocenters. The topological polar surface area (TPSA) is 15.3 Å². The zero-order chi connectivity index (χ0) is 8.27. The second-order valence-corrected chi connectivity index (χ2v) is 3.80. The summed E-state index contributed by atoms with van der Waals surface area (Å²) in [4.78, 5) is 2.55. The second-order valence-electron chi connectivity index (χ2n) is 3.80. The molecule has 66 valence electrons. The standard InChI is InChI=1S/C9H20N2/c1-8(2)11-6-4-5-10-9(3)7-11/h8-10H,4-7H2,1-3H3/t9-/m0/s1. The van der Waals surface area contributed by atoms with Gasteiger partial charge in [-0.2, -0.15) is 0 Å². The van der Waals surface area contributed by atoms with E-state index in [0.29, 0.717) is 12.1 Å². The van der Waals surface area contributed by atoms with Crippen LogP contribution in [0, 0.1) is 0 Å². The lowest BCUT2D eigenvalue weighted by Gasteiger charge is -2.26. The van der Waals surface area contributed by atoms with Gasteiger partial charge in [0.25, 0.3) is 0 Å². The number of nitrogens with zero attached hydrogens (tertiary/aromatic N) is 1. The van der Waals surface area contributed by atoms with E-state index in [0.717, 1.165) is 0 Å². The van der Waals surface area contributed by atoms with Crippen molar-refractivity contribution in [2.24, 2.45) is 0 Å². The van der Waals surface area contributed by atoms with Gasteiger partial charge in [-0.25, -0.2) is 0 Å². The van der Waals surface area contributed by atoms with E-state index in [4.69, 9.17) is 0 Å². The van der Waals surface area contributed by atoms with Crippen LogP contribution >= 0.6 is 0 Å². The summed E-state index contributed by atoms with van der Waals surface area (Å²) in [6.07, 6.45) is 1.29. The van der Waals surface area contributed by atoms with Gasteiger partial charge >= 0.3 is 0 Å². The molecule has 1 aliphatic heterocycles. The van der Waals surface area contributed by atoms with Crippen molar-refractivity contribution < 1.29 is 0 Å². The zero-order valence-corrected chi connectivity index (χ0v) is 7.93. The molecule has 0 aromatic rings. The Morgan fingerprint density at radius 1 is 1.45 bits per heavy atom. The summed E-state index contributed by atoms with van der Waals surface area (Å²) in [6.45, 7) is 10.5. The summed E-state index contributed by atoms with van der Waals surface area (Å²) in [5.41, 5.74) is 0. The molecule has 1 atom stereocenters. The van der Waals surface area contributed by atoms with Crippen LogP contribution in [0.15, 0.2) is 0 Å². The lowest BCUT2D eigenvalue weighted by atomic mass is 10.2. The van der Waals surface area contributed by atoms with Crippen molar-refractivity contribution in [1.82, 2.24) is 10.2 Å². The molecule has 11 heavy (non-hydrogen) atoms. The maximum absolute atomic E-state index is 3.49. The predicted octanol–water partition coefficient (Wildman–Crippen LogP) is 1.08. The van der Waals surface area contributed by atoms with Gasteiger partial charge in [-0.3, -0.25) is 4.90 Å². The average molecular weight is 156 g/mol. The predicted molar refractivity (Wildman–Crippen MR) is 48.8 cm³/mol. The molecule has 1 rings (SSSR count). The van der Waals surface area contributed by atoms with E-state index in [9.17, 15) is 0 Å². The van der Waals surface area contributed by atoms with Crippen LogP contribution in [0.3, 0.4) is 0 Å². The van der Waals surface area contributed by atoms with Crippen molar-refractivity contribution in [2.75, 3.05) is 19.6 Å². The fourth-order valence-electron chi connectivity index (χ4n) is 1.61. The molecule has 1 fully saturated rings. The van der Waals surface area contributed by atoms with Gasteiger partial charge in [0.1, 0.15) is 0 Å². The monoisotopic (exact) mass is 156 g/mol. The smallest absolute Gasteiger partial charge is 0.0166 e. The third-order valence-electron chi connectivity index (χ3n) is 2.35. The van der Waals surface area contributed by atoms with Crippen LogP contribution in [0.25, 0.3) is 0 Å². The van der Waals surface area contributed by atoms with Crippen LogP contribution in [-0.4, -0.2) is 36.6 Å². The van der Waals surface area contributed by atoms with E-state index in [1.807, 2.05) is 0 Å². The number of hydrogen-bond donors (Lipinski definition) is 1. The first kappa shape index (κ1) is 9.01. The van der Waals surface area contributed by atoms with Crippen LogP contribution in [0.2, 0.25) is 0 Å². The third-order valence-corrected chi connectivity index (χ3v) is 2.35. The van der Waals surface area contributed by atoms with E-state index in [1.165, 1.54) is 26.1 Å². The van der Waals surface area contributed by atoms with Crippen molar-refractivity contribution in [2.45, 2.75) is 39.3 Å². The van der Waals surface area contributed by atoms with Crippen LogP contribution in [0.5, 0.6) is 0 Å². The Balaban J connectivity index is 2.39. The average Bonchev–Trinajstić information content (AvgIpc) is 2.13. The molecule has 2 heteroatoms. The first-order valence-corrected chi connectivity index (χ1v) is 4.67. The minimum atomic E-state index is 0.667. The molecule has 0 aromatic carbocycles. The molecule has 1 heterocycles. The van der Waals surface area contributed by atoms with E-state index in [1.54, 1.807) is 0 Å². The summed E-state index contributed by atoms with van der Waals surface area (Å²) >= 11 is 0. The Bertz CT molecular complexity index is 112. The maximum atomic E-state index is 3.49. The van der Waals surface area contributed by atoms with Gasteiger partial charge in [0.15, 0.2) is 0 Å². The molecular formula is C9H20N2. The molecule has 0 bridgehead atoms. The highest BCUT2D eigenvalue weighted by molar-refractivity contribution is 4.74. The Morgan fingerprint density at radius 2 is 2.18 bits per heavy atom. The quantitative estimate of drug-likeness (QED) is 0.611. The van der Waals surface area contributed by atoms with Gasteiger partial charge in [-0.15, -0.1) is 0 Å². The summed E-state index contributed by atoms with van der Waals surface area (Å²) in [5.74, 6) is 0. The van der Waals surface area contributed by atoms with Gasteiger partial charge in [0, 0.05) is 18.6 Å². The first-order chi connectivity index (χ1) is 5.20. The molecule has 1 aliphatic rings. The van der Waals surface area contributed by atoms with Gasteiger partial charge in [0.2, 0.25) is 0 Å². The molecule has 0 spiro atoms. The van der Waals surface area contributed by atoms with Gasteiger partial charge in [0.05, 0.1) is 0 Å². The second kappa shape index (κ2) is 4.07. The van der Waals surface area contributed by atoms with Gasteiger partial charge in [-0.05, 0) is 40.3 Å². The van der Waals surface area contributed by atoms with E-state index >= 15 is 0 Å². The fourth-order valence-corrected chi connectivity index (χ4v) is 1.61. The van der Waals surface area contributed by atoms with Crippen molar-refractivity contribution >= 4 is 0 Å². The van der Waals surface area contributed by atoms with Gasteiger partial charge < -0.3 is 5.32 Å². The van der Waals surface area contributed by atoms with Crippen molar-refractivity contribution in [3.8, 4) is 0 Å². The maximum Gasteiger partial charge on any atom is 0.0166 e. The van der Waals surface area contributed by atoms with Crippen molar-refractivity contribution in [1.29, 1.82) is 0 Å². The van der Waals surface area contributed by atoms with Crippen molar-refractivity contribution in [3.05, 3.63) is 0 Å². The van der Waals surface area contributed by atoms with Gasteiger partial charge in [-0.1, -0.05) is 0 Å². The Morgan fingerprint density at radius 3 is 2.82 bits per heavy atom. The molecule has 1 N–H and O–H groups in total. The zero-order valence-electron chi connectivity index (χ0n) is 7.93. The van der Waals surface area contributed by atoms with Crippen LogP contribution in [-0.2, 0) is 0 Å². The van der Waals surface area contributed by atoms with E-state index in [-0.39, 0.29) is 0 Å². The summed E-state index contributed by atoms with van der Waals surface area (Å²) in [6, 6.07) is 1.37. The van der Waals surface area contributed by atoms with Crippen LogP contribution in [0.4, 0.5) is 0 Å². The minimum absolute atomic E-state index is 0.667. The van der Waals surface area contributed by atoms with Crippen molar-refractivity contribution in [3.63, 3.8) is 0 Å².